The predicted octanol–water partition coefficient (Wildman–Crippen LogP) is 5.58. The van der Waals surface area contributed by atoms with Gasteiger partial charge in [-0.2, -0.15) is 0 Å². The van der Waals surface area contributed by atoms with Crippen LogP contribution in [0.2, 0.25) is 0 Å². The van der Waals surface area contributed by atoms with E-state index in [4.69, 9.17) is 28.8 Å². The van der Waals surface area contributed by atoms with Crippen molar-refractivity contribution in [1.82, 2.24) is 0 Å². The van der Waals surface area contributed by atoms with E-state index in [1.54, 1.807) is 37.7 Å². The van der Waals surface area contributed by atoms with E-state index >= 15 is 0 Å². The largest absolute Gasteiger partial charge is 0.496 e. The van der Waals surface area contributed by atoms with Gasteiger partial charge >= 0.3 is 5.97 Å². The number of carboxylic acid groups (broad SMARTS) is 1. The zero-order valence-electron chi connectivity index (χ0n) is 22.3. The number of thiophene rings is 1. The third kappa shape index (κ3) is 6.75. The van der Waals surface area contributed by atoms with E-state index in [0.717, 1.165) is 20.5 Å². The Labute approximate surface area is 252 Å². The van der Waals surface area contributed by atoms with Crippen LogP contribution in [0.1, 0.15) is 15.9 Å². The van der Waals surface area contributed by atoms with Crippen LogP contribution in [-0.4, -0.2) is 81.5 Å². The van der Waals surface area contributed by atoms with E-state index < -0.39 is 12.6 Å². The van der Waals surface area contributed by atoms with Crippen molar-refractivity contribution in [2.45, 2.75) is 0 Å². The van der Waals surface area contributed by atoms with Crippen LogP contribution in [0, 0.1) is 0 Å². The van der Waals surface area contributed by atoms with Gasteiger partial charge in [0.25, 0.3) is 0 Å². The number of hydrogen-bond donors (Lipinski definition) is 1. The van der Waals surface area contributed by atoms with Gasteiger partial charge in [0.15, 0.2) is 23.9 Å². The Balaban J connectivity index is 0.00000420. The first-order chi connectivity index (χ1) is 18.4. The van der Waals surface area contributed by atoms with Crippen molar-refractivity contribution in [2.24, 2.45) is 0 Å². The van der Waals surface area contributed by atoms with Gasteiger partial charge in [0, 0.05) is 61.9 Å². The summed E-state index contributed by atoms with van der Waals surface area (Å²) in [5, 5.41) is 10.1. The van der Waals surface area contributed by atoms with Crippen LogP contribution in [0.5, 0.6) is 28.7 Å². The molecule has 4 aromatic rings. The summed E-state index contributed by atoms with van der Waals surface area (Å²) in [5.74, 6) is 0.176. The van der Waals surface area contributed by atoms with E-state index in [2.05, 4.69) is 18.2 Å². The van der Waals surface area contributed by atoms with Gasteiger partial charge in [0.2, 0.25) is 5.75 Å². The predicted molar refractivity (Wildman–Crippen MR) is 152 cm³/mol. The number of carbonyl (C=O) groups excluding carboxylic acids is 1. The molecule has 0 saturated carbocycles. The average molecular weight is 558 g/mol. The number of benzene rings is 3. The number of allylic oxidation sites excluding steroid dienone is 1. The number of methoxy groups -OCH3 is 4. The number of hydrogen-bond acceptors (Lipinski definition) is 8. The molecule has 0 aliphatic rings. The van der Waals surface area contributed by atoms with Crippen molar-refractivity contribution in [3.63, 3.8) is 0 Å². The zero-order valence-corrected chi connectivity index (χ0v) is 25.1. The normalized spacial score (nSPS) is 10.7. The van der Waals surface area contributed by atoms with Gasteiger partial charge in [-0.15, -0.1) is 11.3 Å². The summed E-state index contributed by atoms with van der Waals surface area (Å²) in [6, 6.07) is 16.9. The SMILES string of the molecule is COc1cc(OC)c(-c2cc3ccccc3s2)cc1C=CC(=O)c1cc(OC)c(OCC(=O)O)c(OC)c1.[Na]. The van der Waals surface area contributed by atoms with Crippen LogP contribution in [0.4, 0.5) is 0 Å². The summed E-state index contributed by atoms with van der Waals surface area (Å²) >= 11 is 1.65. The molecular formula is C29H26NaO8S. The summed E-state index contributed by atoms with van der Waals surface area (Å²) in [7, 11) is 5.95. The molecule has 0 aliphatic heterocycles. The van der Waals surface area contributed by atoms with Gasteiger partial charge in [-0.05, 0) is 47.9 Å². The maximum Gasteiger partial charge on any atom is 0.341 e. The van der Waals surface area contributed by atoms with Crippen LogP contribution in [0.25, 0.3) is 26.6 Å². The molecule has 0 amide bonds. The molecule has 0 unspecified atom stereocenters. The fourth-order valence-corrected chi connectivity index (χ4v) is 5.00. The third-order valence-electron chi connectivity index (χ3n) is 5.74. The van der Waals surface area contributed by atoms with Crippen molar-refractivity contribution in [3.05, 3.63) is 71.8 Å². The number of ketones is 1. The number of fused-ring (bicyclic) bond motifs is 1. The molecule has 1 aromatic heterocycles. The van der Waals surface area contributed by atoms with Crippen LogP contribution >= 0.6 is 11.3 Å². The van der Waals surface area contributed by atoms with Crippen molar-refractivity contribution in [2.75, 3.05) is 35.0 Å². The molecule has 0 fully saturated rings. The number of carbonyl (C=O) groups is 2. The fourth-order valence-electron chi connectivity index (χ4n) is 3.92. The Hall–Kier alpha value is -3.50. The van der Waals surface area contributed by atoms with Crippen molar-refractivity contribution in [3.8, 4) is 39.2 Å². The molecule has 197 valence electrons. The smallest absolute Gasteiger partial charge is 0.341 e. The molecule has 10 heteroatoms. The summed E-state index contributed by atoms with van der Waals surface area (Å²) in [6.45, 7) is -0.584. The number of rotatable bonds is 11. The molecule has 4 rings (SSSR count). The first-order valence-electron chi connectivity index (χ1n) is 11.5. The molecule has 0 bridgehead atoms. The summed E-state index contributed by atoms with van der Waals surface area (Å²) < 4.78 is 28.3. The minimum Gasteiger partial charge on any atom is -0.496 e. The van der Waals surface area contributed by atoms with Gasteiger partial charge in [-0.25, -0.2) is 4.79 Å². The maximum atomic E-state index is 13.1. The summed E-state index contributed by atoms with van der Waals surface area (Å²) in [4.78, 5) is 25.1. The number of carboxylic acids is 1. The fraction of sp³-hybridized carbons (Fsp3) is 0.172. The topological polar surface area (TPSA) is 101 Å². The van der Waals surface area contributed by atoms with Gasteiger partial charge in [0.1, 0.15) is 11.5 Å². The van der Waals surface area contributed by atoms with Gasteiger partial charge in [-0.3, -0.25) is 4.79 Å². The molecule has 1 radical (unpaired) electrons. The molecule has 0 spiro atoms. The Kier molecular flexibility index (Phi) is 10.4. The maximum absolute atomic E-state index is 13.1. The Morgan fingerprint density at radius 3 is 2.08 bits per heavy atom. The van der Waals surface area contributed by atoms with Crippen molar-refractivity contribution < 1.29 is 38.4 Å². The second-order valence-corrected chi connectivity index (χ2v) is 9.12. The minimum atomic E-state index is -1.15. The number of aliphatic carboxylic acids is 1. The van der Waals surface area contributed by atoms with E-state index in [1.807, 2.05) is 18.2 Å². The molecule has 1 heterocycles. The molecule has 0 aliphatic carbocycles. The van der Waals surface area contributed by atoms with E-state index in [1.165, 1.54) is 32.4 Å². The molecule has 8 nitrogen and oxygen atoms in total. The van der Waals surface area contributed by atoms with Gasteiger partial charge < -0.3 is 28.8 Å². The van der Waals surface area contributed by atoms with Crippen LogP contribution < -0.4 is 23.7 Å². The molecule has 3 aromatic carbocycles. The van der Waals surface area contributed by atoms with E-state index in [-0.39, 0.29) is 58.2 Å². The van der Waals surface area contributed by atoms with Gasteiger partial charge in [0.05, 0.1) is 28.4 Å². The minimum absolute atomic E-state index is 0. The Morgan fingerprint density at radius 2 is 1.49 bits per heavy atom. The first kappa shape index (κ1) is 30.0. The van der Waals surface area contributed by atoms with Crippen molar-refractivity contribution in [1.29, 1.82) is 0 Å². The van der Waals surface area contributed by atoms with Crippen molar-refractivity contribution >= 4 is 68.8 Å². The monoisotopic (exact) mass is 557 g/mol. The Bertz CT molecular complexity index is 1470. The molecule has 1 N–H and O–H groups in total. The summed E-state index contributed by atoms with van der Waals surface area (Å²) in [5.41, 5.74) is 1.84. The Morgan fingerprint density at radius 1 is 0.846 bits per heavy atom. The molecule has 0 atom stereocenters. The standard InChI is InChI=1S/C29H26O8S.Na/c1-33-22-15-23(34-2)20(27-14-18-7-5-6-8-26(18)38-27)11-17(22)9-10-21(30)19-12-24(35-3)29(25(13-19)36-4)37-16-28(31)32;/h5-15H,16H2,1-4H3,(H,31,32);. The molecular weight excluding hydrogens is 531 g/mol. The van der Waals surface area contributed by atoms with Crippen LogP contribution in [-0.2, 0) is 4.79 Å². The third-order valence-corrected chi connectivity index (χ3v) is 6.89. The molecule has 0 saturated heterocycles. The average Bonchev–Trinajstić information content (AvgIpc) is 3.37. The van der Waals surface area contributed by atoms with Gasteiger partial charge in [-0.1, -0.05) is 18.2 Å². The van der Waals surface area contributed by atoms with E-state index in [0.29, 0.717) is 17.1 Å². The second-order valence-electron chi connectivity index (χ2n) is 8.03. The first-order valence-corrected chi connectivity index (χ1v) is 12.3. The van der Waals surface area contributed by atoms with Crippen LogP contribution in [0.15, 0.2) is 60.7 Å². The van der Waals surface area contributed by atoms with E-state index in [9.17, 15) is 9.59 Å². The quantitative estimate of drug-likeness (QED) is 0.145. The van der Waals surface area contributed by atoms with Crippen LogP contribution in [0.3, 0.4) is 0 Å². The summed E-state index contributed by atoms with van der Waals surface area (Å²) in [6.07, 6.45) is 3.09. The molecule has 39 heavy (non-hydrogen) atoms. The second kappa shape index (κ2) is 13.5. The number of ether oxygens (including phenoxy) is 5. The zero-order chi connectivity index (χ0) is 27.2.